The average Bonchev–Trinajstić information content (AvgIpc) is 3.08. The Kier molecular flexibility index (Phi) is 6.03. The first kappa shape index (κ1) is 22.7. The number of fused-ring (bicyclic) bond motifs is 3. The number of anilines is 1. The first-order valence-electron chi connectivity index (χ1n) is 11.2. The lowest BCUT2D eigenvalue weighted by molar-refractivity contribution is -0.0596. The molecule has 0 radical (unpaired) electrons. The highest BCUT2D eigenvalue weighted by Crippen LogP contribution is 2.46. The van der Waals surface area contributed by atoms with Crippen LogP contribution in [0.1, 0.15) is 61.4 Å². The third-order valence-corrected chi connectivity index (χ3v) is 7.05. The SMILES string of the molecule is C=C(O)[C@@H](OC(C)(C)C)c1c(C)nc2sc3c(c2c1-c1ccc(N(C)C)nc1)CCCC3. The first-order valence-corrected chi connectivity index (χ1v) is 12.0. The molecule has 3 heterocycles. The minimum absolute atomic E-state index is 0.00704. The number of hydrogen-bond acceptors (Lipinski definition) is 6. The van der Waals surface area contributed by atoms with Crippen LogP contribution in [0.5, 0.6) is 0 Å². The molecule has 0 saturated carbocycles. The van der Waals surface area contributed by atoms with Crippen LogP contribution in [-0.2, 0) is 17.6 Å². The van der Waals surface area contributed by atoms with Gasteiger partial charge in [-0.05, 0) is 71.1 Å². The van der Waals surface area contributed by atoms with Crippen molar-refractivity contribution in [2.24, 2.45) is 0 Å². The topological polar surface area (TPSA) is 58.5 Å². The molecule has 0 fully saturated rings. The second kappa shape index (κ2) is 8.49. The van der Waals surface area contributed by atoms with Gasteiger partial charge in [-0.25, -0.2) is 9.97 Å². The van der Waals surface area contributed by atoms with E-state index in [-0.39, 0.29) is 5.76 Å². The Bertz CT molecular complexity index is 1160. The number of aliphatic hydroxyl groups is 1. The number of aliphatic hydroxyl groups excluding tert-OH is 1. The van der Waals surface area contributed by atoms with E-state index in [1.165, 1.54) is 28.7 Å². The van der Waals surface area contributed by atoms with Crippen LogP contribution >= 0.6 is 11.3 Å². The zero-order valence-electron chi connectivity index (χ0n) is 20.0. The summed E-state index contributed by atoms with van der Waals surface area (Å²) in [6, 6.07) is 4.15. The molecule has 6 heteroatoms. The van der Waals surface area contributed by atoms with Crippen molar-refractivity contribution in [2.45, 2.75) is 65.1 Å². The standard InChI is InChI=1S/C26H33N3O2S/c1-15-21(24(16(2)30)31-26(3,4)5)22(17-12-13-20(27-14-17)29(6)7)23-18-10-8-9-11-19(18)32-25(23)28-15/h12-14,24,30H,2,8-11H2,1,3-7H3/t24-/m1/s1. The molecule has 0 unspecified atom stereocenters. The minimum Gasteiger partial charge on any atom is -0.510 e. The fraction of sp³-hybridized carbons (Fsp3) is 0.462. The fourth-order valence-corrected chi connectivity index (χ4v) is 5.80. The van der Waals surface area contributed by atoms with E-state index in [1.807, 2.05) is 70.3 Å². The molecule has 4 rings (SSSR count). The van der Waals surface area contributed by atoms with Crippen molar-refractivity contribution in [1.29, 1.82) is 0 Å². The molecule has 1 N–H and O–H groups in total. The van der Waals surface area contributed by atoms with Crippen molar-refractivity contribution in [3.63, 3.8) is 0 Å². The predicted molar refractivity (Wildman–Crippen MR) is 134 cm³/mol. The summed E-state index contributed by atoms with van der Waals surface area (Å²) in [6.45, 7) is 11.8. The number of thiophene rings is 1. The van der Waals surface area contributed by atoms with Gasteiger partial charge in [0.05, 0.1) is 5.60 Å². The monoisotopic (exact) mass is 451 g/mol. The van der Waals surface area contributed by atoms with Crippen LogP contribution < -0.4 is 4.90 Å². The molecule has 3 aromatic heterocycles. The van der Waals surface area contributed by atoms with Crippen LogP contribution in [0, 0.1) is 6.92 Å². The van der Waals surface area contributed by atoms with Gasteiger partial charge in [0.15, 0.2) is 0 Å². The van der Waals surface area contributed by atoms with E-state index in [2.05, 4.69) is 12.6 Å². The van der Waals surface area contributed by atoms with Gasteiger partial charge in [-0.1, -0.05) is 6.58 Å². The number of ether oxygens (including phenoxy) is 1. The first-order chi connectivity index (χ1) is 15.1. The maximum atomic E-state index is 10.6. The quantitative estimate of drug-likeness (QED) is 0.446. The Morgan fingerprint density at radius 3 is 2.53 bits per heavy atom. The third kappa shape index (κ3) is 4.26. The van der Waals surface area contributed by atoms with Gasteiger partial charge < -0.3 is 14.7 Å². The summed E-state index contributed by atoms with van der Waals surface area (Å²) in [5.41, 5.74) is 4.74. The molecular weight excluding hydrogens is 418 g/mol. The number of nitrogens with zero attached hydrogens (tertiary/aromatic N) is 3. The van der Waals surface area contributed by atoms with Crippen LogP contribution in [0.4, 0.5) is 5.82 Å². The van der Waals surface area contributed by atoms with Gasteiger partial charge in [0.25, 0.3) is 0 Å². The molecule has 5 nitrogen and oxygen atoms in total. The van der Waals surface area contributed by atoms with Crippen LogP contribution in [0.15, 0.2) is 30.7 Å². The summed E-state index contributed by atoms with van der Waals surface area (Å²) < 4.78 is 6.35. The van der Waals surface area contributed by atoms with Crippen molar-refractivity contribution in [3.8, 4) is 11.1 Å². The molecule has 0 aromatic carbocycles. The molecule has 0 amide bonds. The summed E-state index contributed by atoms with van der Waals surface area (Å²) in [5, 5.41) is 11.8. The molecule has 170 valence electrons. The second-order valence-corrected chi connectivity index (χ2v) is 10.9. The van der Waals surface area contributed by atoms with Crippen LogP contribution in [0.2, 0.25) is 0 Å². The Balaban J connectivity index is 2.05. The summed E-state index contributed by atoms with van der Waals surface area (Å²) in [6.07, 6.45) is 5.83. The molecule has 0 bridgehead atoms. The maximum Gasteiger partial charge on any atom is 0.142 e. The normalized spacial score (nSPS) is 14.9. The lowest BCUT2D eigenvalue weighted by Crippen LogP contribution is -2.25. The highest BCUT2D eigenvalue weighted by molar-refractivity contribution is 7.19. The summed E-state index contributed by atoms with van der Waals surface area (Å²) in [4.78, 5) is 14.2. The highest BCUT2D eigenvalue weighted by atomic mass is 32.1. The number of hydrogen-bond donors (Lipinski definition) is 1. The van der Waals surface area contributed by atoms with Gasteiger partial charge in [0, 0.05) is 52.9 Å². The molecule has 0 aliphatic heterocycles. The van der Waals surface area contributed by atoms with E-state index < -0.39 is 11.7 Å². The maximum absolute atomic E-state index is 10.6. The molecular formula is C26H33N3O2S. The van der Waals surface area contributed by atoms with E-state index in [9.17, 15) is 5.11 Å². The highest BCUT2D eigenvalue weighted by Gasteiger charge is 2.31. The molecule has 1 aliphatic rings. The summed E-state index contributed by atoms with van der Waals surface area (Å²) in [7, 11) is 3.97. The lowest BCUT2D eigenvalue weighted by atomic mass is 9.88. The Morgan fingerprint density at radius 1 is 1.22 bits per heavy atom. The summed E-state index contributed by atoms with van der Waals surface area (Å²) in [5.74, 6) is 0.895. The molecule has 0 spiro atoms. The zero-order chi connectivity index (χ0) is 23.2. The Labute approximate surface area is 194 Å². The zero-order valence-corrected chi connectivity index (χ0v) is 20.8. The van der Waals surface area contributed by atoms with Crippen molar-refractivity contribution in [2.75, 3.05) is 19.0 Å². The summed E-state index contributed by atoms with van der Waals surface area (Å²) >= 11 is 1.81. The molecule has 32 heavy (non-hydrogen) atoms. The minimum atomic E-state index is -0.672. The van der Waals surface area contributed by atoms with Crippen molar-refractivity contribution >= 4 is 27.4 Å². The van der Waals surface area contributed by atoms with Crippen LogP contribution in [0.3, 0.4) is 0 Å². The smallest absolute Gasteiger partial charge is 0.142 e. The fourth-order valence-electron chi connectivity index (χ4n) is 4.48. The predicted octanol–water partition coefficient (Wildman–Crippen LogP) is 6.54. The van der Waals surface area contributed by atoms with E-state index in [0.717, 1.165) is 45.9 Å². The number of pyridine rings is 2. The number of aromatic nitrogens is 2. The van der Waals surface area contributed by atoms with Gasteiger partial charge in [-0.3, -0.25) is 0 Å². The second-order valence-electron chi connectivity index (χ2n) is 9.78. The van der Waals surface area contributed by atoms with Crippen molar-refractivity contribution in [3.05, 3.63) is 52.4 Å². The van der Waals surface area contributed by atoms with Crippen LogP contribution in [0.25, 0.3) is 21.3 Å². The molecule has 1 aliphatic carbocycles. The molecule has 0 saturated heterocycles. The number of aryl methyl sites for hydroxylation is 3. The molecule has 3 aromatic rings. The van der Waals surface area contributed by atoms with E-state index in [4.69, 9.17) is 14.7 Å². The molecule has 1 atom stereocenters. The number of rotatable bonds is 5. The third-order valence-electron chi connectivity index (χ3n) is 5.86. The van der Waals surface area contributed by atoms with Gasteiger partial charge in [0.1, 0.15) is 22.5 Å². The Hall–Kier alpha value is -2.44. The van der Waals surface area contributed by atoms with Gasteiger partial charge in [-0.15, -0.1) is 11.3 Å². The Morgan fingerprint density at radius 2 is 1.94 bits per heavy atom. The van der Waals surface area contributed by atoms with E-state index in [0.29, 0.717) is 0 Å². The lowest BCUT2D eigenvalue weighted by Gasteiger charge is -2.30. The van der Waals surface area contributed by atoms with Crippen molar-refractivity contribution in [1.82, 2.24) is 9.97 Å². The van der Waals surface area contributed by atoms with Gasteiger partial charge in [0.2, 0.25) is 0 Å². The van der Waals surface area contributed by atoms with Gasteiger partial charge in [-0.2, -0.15) is 0 Å². The van der Waals surface area contributed by atoms with Crippen molar-refractivity contribution < 1.29 is 9.84 Å². The largest absolute Gasteiger partial charge is 0.510 e. The van der Waals surface area contributed by atoms with E-state index >= 15 is 0 Å². The van der Waals surface area contributed by atoms with Crippen LogP contribution in [-0.4, -0.2) is 34.8 Å². The average molecular weight is 452 g/mol. The van der Waals surface area contributed by atoms with Gasteiger partial charge >= 0.3 is 0 Å². The van der Waals surface area contributed by atoms with E-state index in [1.54, 1.807) is 0 Å².